The van der Waals surface area contributed by atoms with Crippen LogP contribution in [0.4, 0.5) is 0 Å². The molecule has 386 valence electrons. The van der Waals surface area contributed by atoms with Crippen LogP contribution in [0.1, 0.15) is 54.1 Å². The Morgan fingerprint density at radius 1 is 0.373 bits per heavy atom. The number of rotatable bonds is 23. The zero-order chi connectivity index (χ0) is 51.2. The van der Waals surface area contributed by atoms with Crippen LogP contribution in [-0.4, -0.2) is 96.4 Å². The summed E-state index contributed by atoms with van der Waals surface area (Å²) in [5.74, 6) is -1.08. The number of hydrogen-bond donors (Lipinski definition) is 1. The molecular formula is C62H61NO12. The van der Waals surface area contributed by atoms with E-state index in [0.29, 0.717) is 0 Å². The van der Waals surface area contributed by atoms with Crippen molar-refractivity contribution in [2.45, 2.75) is 101 Å². The normalized spacial score (nSPS) is 24.5. The number of benzene rings is 7. The lowest BCUT2D eigenvalue weighted by Gasteiger charge is -2.50. The molecule has 0 unspecified atom stereocenters. The number of imide groups is 1. The van der Waals surface area contributed by atoms with E-state index in [4.69, 9.17) is 42.6 Å². The predicted octanol–water partition coefficient (Wildman–Crippen LogP) is 9.25. The van der Waals surface area contributed by atoms with Gasteiger partial charge in [0.1, 0.15) is 48.8 Å². The maximum absolute atomic E-state index is 14.7. The van der Waals surface area contributed by atoms with Crippen molar-refractivity contribution in [2.75, 3.05) is 13.2 Å². The van der Waals surface area contributed by atoms with Gasteiger partial charge in [0.2, 0.25) is 0 Å². The van der Waals surface area contributed by atoms with Crippen LogP contribution in [-0.2, 0) is 82.3 Å². The molecule has 0 spiro atoms. The van der Waals surface area contributed by atoms with Crippen LogP contribution in [0.25, 0.3) is 0 Å². The van der Waals surface area contributed by atoms with Gasteiger partial charge in [-0.2, -0.15) is 0 Å². The third-order valence-corrected chi connectivity index (χ3v) is 13.5. The Labute approximate surface area is 437 Å². The molecule has 7 aromatic carbocycles. The van der Waals surface area contributed by atoms with Crippen LogP contribution in [0, 0.1) is 0 Å². The second-order valence-electron chi connectivity index (χ2n) is 18.8. The molecule has 0 saturated carbocycles. The monoisotopic (exact) mass is 1010 g/mol. The van der Waals surface area contributed by atoms with Crippen molar-refractivity contribution in [2.24, 2.45) is 0 Å². The number of amides is 2. The molecule has 0 aliphatic carbocycles. The van der Waals surface area contributed by atoms with E-state index >= 15 is 0 Å². The van der Waals surface area contributed by atoms with Crippen LogP contribution in [0.15, 0.2) is 206 Å². The molecule has 0 bridgehead atoms. The molecule has 0 radical (unpaired) electrons. The van der Waals surface area contributed by atoms with Crippen molar-refractivity contribution in [3.8, 4) is 0 Å². The first-order valence-corrected chi connectivity index (χ1v) is 25.4. The molecule has 10 atom stereocenters. The van der Waals surface area contributed by atoms with E-state index in [-0.39, 0.29) is 64.0 Å². The minimum absolute atomic E-state index is 0.0257. The molecule has 2 fully saturated rings. The molecule has 2 saturated heterocycles. The summed E-state index contributed by atoms with van der Waals surface area (Å²) >= 11 is 0. The van der Waals surface area contributed by atoms with Crippen molar-refractivity contribution in [1.29, 1.82) is 0 Å². The van der Waals surface area contributed by atoms with Crippen molar-refractivity contribution in [1.82, 2.24) is 4.90 Å². The number of carbonyl (C=O) groups is 2. The SMILES string of the molecule is O=C1c2ccccc2C(=O)N1[C@H]1[C@H](OCc2ccccc2)O[C@H](COCc2ccccc2)[C@@H](O[C@@H]2O[C@H](COCc3ccccc3)[C@@H](OCc3ccccc3)[C@H](OCc3ccccc3)[C@@H]2O)[C@@H]1OCc1ccccc1. The van der Waals surface area contributed by atoms with Gasteiger partial charge in [0, 0.05) is 0 Å². The van der Waals surface area contributed by atoms with Gasteiger partial charge in [0.05, 0.1) is 64.0 Å². The van der Waals surface area contributed by atoms with E-state index in [9.17, 15) is 14.7 Å². The van der Waals surface area contributed by atoms with Crippen LogP contribution >= 0.6 is 0 Å². The Morgan fingerprint density at radius 2 is 0.707 bits per heavy atom. The summed E-state index contributed by atoms with van der Waals surface area (Å²) in [5, 5.41) is 12.8. The summed E-state index contributed by atoms with van der Waals surface area (Å²) in [7, 11) is 0. The van der Waals surface area contributed by atoms with Gasteiger partial charge in [0.15, 0.2) is 12.6 Å². The number of fused-ring (bicyclic) bond motifs is 1. The summed E-state index contributed by atoms with van der Waals surface area (Å²) in [6.07, 6.45) is -10.3. The van der Waals surface area contributed by atoms with Crippen molar-refractivity contribution >= 4 is 11.8 Å². The first kappa shape index (κ1) is 51.8. The van der Waals surface area contributed by atoms with E-state index in [1.54, 1.807) is 24.3 Å². The number of aliphatic hydroxyl groups is 1. The van der Waals surface area contributed by atoms with Gasteiger partial charge in [0.25, 0.3) is 11.8 Å². The lowest BCUT2D eigenvalue weighted by atomic mass is 9.93. The minimum atomic E-state index is -1.48. The fourth-order valence-electron chi connectivity index (χ4n) is 9.74. The van der Waals surface area contributed by atoms with Crippen LogP contribution in [0.2, 0.25) is 0 Å². The lowest BCUT2D eigenvalue weighted by molar-refractivity contribution is -0.363. The van der Waals surface area contributed by atoms with Crippen LogP contribution in [0.3, 0.4) is 0 Å². The molecule has 3 aliphatic rings. The molecule has 3 heterocycles. The molecule has 2 amide bonds. The number of carbonyl (C=O) groups excluding carboxylic acids is 2. The summed E-state index contributed by atoms with van der Waals surface area (Å²) in [5.41, 5.74) is 5.80. The van der Waals surface area contributed by atoms with Gasteiger partial charge in [-0.3, -0.25) is 14.5 Å². The lowest BCUT2D eigenvalue weighted by Crippen LogP contribution is -2.69. The first-order valence-electron chi connectivity index (χ1n) is 25.4. The second-order valence-corrected chi connectivity index (χ2v) is 18.8. The van der Waals surface area contributed by atoms with Crippen molar-refractivity contribution < 1.29 is 57.3 Å². The number of ether oxygens (including phenoxy) is 9. The summed E-state index contributed by atoms with van der Waals surface area (Å²) in [6, 6.07) is 63.5. The van der Waals surface area contributed by atoms with Gasteiger partial charge < -0.3 is 47.7 Å². The molecular weight excluding hydrogens is 951 g/mol. The topological polar surface area (TPSA) is 141 Å². The molecule has 1 N–H and O–H groups in total. The minimum Gasteiger partial charge on any atom is -0.385 e. The van der Waals surface area contributed by atoms with E-state index in [1.807, 2.05) is 182 Å². The number of nitrogens with zero attached hydrogens (tertiary/aromatic N) is 1. The predicted molar refractivity (Wildman–Crippen MR) is 277 cm³/mol. The van der Waals surface area contributed by atoms with E-state index < -0.39 is 73.2 Å². The molecule has 7 aromatic rings. The second kappa shape index (κ2) is 25.7. The Morgan fingerprint density at radius 3 is 1.13 bits per heavy atom. The molecule has 13 heteroatoms. The van der Waals surface area contributed by atoms with Gasteiger partial charge in [-0.15, -0.1) is 0 Å². The Kier molecular flexibility index (Phi) is 17.7. The van der Waals surface area contributed by atoms with Gasteiger partial charge in [-0.25, -0.2) is 0 Å². The Bertz CT molecular complexity index is 2810. The highest BCUT2D eigenvalue weighted by Gasteiger charge is 2.58. The Hall–Kier alpha value is -6.72. The average molecular weight is 1010 g/mol. The first-order chi connectivity index (χ1) is 37.0. The van der Waals surface area contributed by atoms with Crippen molar-refractivity contribution in [3.05, 3.63) is 251 Å². The largest absolute Gasteiger partial charge is 0.385 e. The van der Waals surface area contributed by atoms with Crippen molar-refractivity contribution in [3.63, 3.8) is 0 Å². The molecule has 0 aromatic heterocycles. The van der Waals surface area contributed by atoms with E-state index in [1.165, 1.54) is 4.90 Å². The number of aliphatic hydroxyl groups excluding tert-OH is 1. The average Bonchev–Trinajstić information content (AvgIpc) is 3.71. The summed E-state index contributed by atoms with van der Waals surface area (Å²) in [4.78, 5) is 30.7. The highest BCUT2D eigenvalue weighted by atomic mass is 16.7. The number of hydrogen-bond acceptors (Lipinski definition) is 12. The third kappa shape index (κ3) is 13.0. The highest BCUT2D eigenvalue weighted by molar-refractivity contribution is 6.21. The standard InChI is InChI=1S/C62H61NO12/c64-54-58(71-39-47-29-15-5-16-30-47)55(69-37-45-25-11-3-12-26-45)51(41-67-35-43-21-7-1-8-22-43)74-62(54)75-56-52(42-68-36-44-23-9-2-10-24-44)73-61(72-40-48-31-17-6-18-32-48)53(57(56)70-38-46-27-13-4-14-28-46)63-59(65)49-33-19-20-34-50(49)60(63)66/h1-34,51-58,61-62,64H,35-42H2/t51-,52-,53-,54+,55-,56-,57-,58-,61-,62+/m1/s1. The zero-order valence-corrected chi connectivity index (χ0v) is 41.4. The van der Waals surface area contributed by atoms with E-state index in [0.717, 1.165) is 33.4 Å². The maximum atomic E-state index is 14.7. The smallest absolute Gasteiger partial charge is 0.262 e. The molecule has 75 heavy (non-hydrogen) atoms. The summed E-state index contributed by atoms with van der Waals surface area (Å²) in [6.45, 7) is 0.883. The maximum Gasteiger partial charge on any atom is 0.262 e. The van der Waals surface area contributed by atoms with Gasteiger partial charge in [-0.1, -0.05) is 194 Å². The van der Waals surface area contributed by atoms with Gasteiger partial charge in [-0.05, 0) is 45.5 Å². The quantitative estimate of drug-likeness (QED) is 0.0611. The van der Waals surface area contributed by atoms with E-state index in [2.05, 4.69) is 0 Å². The molecule has 3 aliphatic heterocycles. The summed E-state index contributed by atoms with van der Waals surface area (Å²) < 4.78 is 61.2. The Balaban J connectivity index is 1.04. The fraction of sp³-hybridized carbons (Fsp3) is 0.290. The molecule has 10 rings (SSSR count). The highest BCUT2D eigenvalue weighted by Crippen LogP contribution is 2.39. The molecule has 13 nitrogen and oxygen atoms in total. The van der Waals surface area contributed by atoms with Crippen LogP contribution in [0.5, 0.6) is 0 Å². The van der Waals surface area contributed by atoms with Gasteiger partial charge >= 0.3 is 0 Å². The fourth-order valence-corrected chi connectivity index (χ4v) is 9.74. The van der Waals surface area contributed by atoms with Crippen LogP contribution < -0.4 is 0 Å². The zero-order valence-electron chi connectivity index (χ0n) is 41.4. The third-order valence-electron chi connectivity index (χ3n) is 13.5.